The SMILES string of the molecule is Cl.O=[N+]([O-])[O-].[Fe]. The van der Waals surface area contributed by atoms with Crippen LogP contribution in [0.2, 0.25) is 0 Å². The van der Waals surface area contributed by atoms with E-state index in [0.717, 1.165) is 0 Å². The van der Waals surface area contributed by atoms with Gasteiger partial charge in [0.05, 0.1) is 5.09 Å². The fourth-order valence-electron chi connectivity index (χ4n) is 0. The first-order chi connectivity index (χ1) is 1.73. The molecule has 0 rings (SSSR count). The first kappa shape index (κ1) is 16.7. The first-order valence-electron chi connectivity index (χ1n) is 0.548. The molecule has 4 nitrogen and oxygen atoms in total. The van der Waals surface area contributed by atoms with E-state index in [4.69, 9.17) is 15.3 Å². The van der Waals surface area contributed by atoms with E-state index in [1.165, 1.54) is 0 Å². The van der Waals surface area contributed by atoms with Crippen LogP contribution in [0.3, 0.4) is 0 Å². The zero-order valence-corrected chi connectivity index (χ0v) is 4.35. The van der Waals surface area contributed by atoms with Gasteiger partial charge in [-0.05, 0) is 0 Å². The molecule has 0 aromatic carbocycles. The summed E-state index contributed by atoms with van der Waals surface area (Å²) in [7, 11) is 0. The van der Waals surface area contributed by atoms with Crippen LogP contribution < -0.4 is 0 Å². The molecule has 0 fully saturated rings. The van der Waals surface area contributed by atoms with E-state index in [-0.39, 0.29) is 29.5 Å². The molecule has 0 saturated carbocycles. The number of rotatable bonds is 0. The molecule has 0 aliphatic heterocycles. The average molecular weight is 154 g/mol. The van der Waals surface area contributed by atoms with Crippen molar-refractivity contribution in [3.05, 3.63) is 15.3 Å². The summed E-state index contributed by atoms with van der Waals surface area (Å²) in [6, 6.07) is 0. The van der Waals surface area contributed by atoms with Crippen molar-refractivity contribution < 1.29 is 22.2 Å². The molecule has 0 aliphatic rings. The standard InChI is InChI=1S/ClH.Fe.NO3/c;;2-1(3)4/h1H;;/q;;-1. The van der Waals surface area contributed by atoms with Crippen molar-refractivity contribution in [2.24, 2.45) is 0 Å². The summed E-state index contributed by atoms with van der Waals surface area (Å²) in [5.41, 5.74) is 0. The van der Waals surface area contributed by atoms with Gasteiger partial charge in [-0.15, -0.1) is 12.4 Å². The van der Waals surface area contributed by atoms with Crippen LogP contribution in [0.15, 0.2) is 0 Å². The minimum absolute atomic E-state index is 0. The van der Waals surface area contributed by atoms with Crippen LogP contribution >= 0.6 is 12.4 Å². The van der Waals surface area contributed by atoms with Gasteiger partial charge in [-0.2, -0.15) is 0 Å². The molecule has 0 aliphatic carbocycles. The molecular formula is HClFeNO3-. The average Bonchev–Trinajstić information content (AvgIpc) is 0.811. The Morgan fingerprint density at radius 3 is 1.33 bits per heavy atom. The number of nitrogens with zero attached hydrogens (tertiary/aromatic N) is 1. The quantitative estimate of drug-likeness (QED) is 0.284. The Hall–Kier alpha value is 0.00948. The Kier molecular flexibility index (Phi) is 24.7. The van der Waals surface area contributed by atoms with Crippen molar-refractivity contribution in [2.45, 2.75) is 0 Å². The van der Waals surface area contributed by atoms with E-state index in [2.05, 4.69) is 0 Å². The maximum Gasteiger partial charge on any atom is 0.0689 e. The van der Waals surface area contributed by atoms with Gasteiger partial charge in [-0.1, -0.05) is 0 Å². The molecule has 0 N–H and O–H groups in total. The molecule has 0 heterocycles. The molecule has 0 aromatic rings. The van der Waals surface area contributed by atoms with Crippen LogP contribution in [0.25, 0.3) is 0 Å². The van der Waals surface area contributed by atoms with Crippen molar-refractivity contribution in [1.82, 2.24) is 0 Å². The van der Waals surface area contributed by atoms with Crippen molar-refractivity contribution >= 4 is 12.4 Å². The second kappa shape index (κ2) is 8.89. The predicted octanol–water partition coefficient (Wildman–Crippen LogP) is 0.180. The number of hydrogen-bond acceptors (Lipinski definition) is 3. The maximum atomic E-state index is 8.25. The van der Waals surface area contributed by atoms with Gasteiger partial charge in [0, 0.05) is 17.1 Å². The summed E-state index contributed by atoms with van der Waals surface area (Å²) in [6.45, 7) is 0. The second-order valence-corrected chi connectivity index (χ2v) is 0.224. The molecule has 0 aromatic heterocycles. The van der Waals surface area contributed by atoms with Gasteiger partial charge >= 0.3 is 0 Å². The first-order valence-corrected chi connectivity index (χ1v) is 0.548. The monoisotopic (exact) mass is 154 g/mol. The molecule has 0 radical (unpaired) electrons. The Labute approximate surface area is 50.5 Å². The summed E-state index contributed by atoms with van der Waals surface area (Å²) in [5, 5.41) is 14.8. The largest absolute Gasteiger partial charge is 0.356 e. The van der Waals surface area contributed by atoms with Crippen LogP contribution in [0.1, 0.15) is 0 Å². The third-order valence-corrected chi connectivity index (χ3v) is 0. The topological polar surface area (TPSA) is 66.2 Å². The smallest absolute Gasteiger partial charge is 0.0689 e. The van der Waals surface area contributed by atoms with E-state index < -0.39 is 5.09 Å². The maximum absolute atomic E-state index is 8.25. The summed E-state index contributed by atoms with van der Waals surface area (Å²) in [5.74, 6) is 0. The molecule has 0 saturated heterocycles. The van der Waals surface area contributed by atoms with E-state index >= 15 is 0 Å². The summed E-state index contributed by atoms with van der Waals surface area (Å²) in [6.07, 6.45) is 0. The van der Waals surface area contributed by atoms with E-state index in [9.17, 15) is 0 Å². The van der Waals surface area contributed by atoms with Crippen LogP contribution in [0.4, 0.5) is 0 Å². The van der Waals surface area contributed by atoms with Gasteiger partial charge < -0.3 is 15.3 Å². The normalized spacial score (nSPS) is 4.00. The number of hydrogen-bond donors (Lipinski definition) is 0. The van der Waals surface area contributed by atoms with Crippen molar-refractivity contribution in [3.8, 4) is 0 Å². The van der Waals surface area contributed by atoms with Crippen LogP contribution in [0, 0.1) is 15.3 Å². The predicted molar refractivity (Wildman–Crippen MR) is 17.6 cm³/mol. The molecule has 0 amide bonds. The van der Waals surface area contributed by atoms with Crippen LogP contribution in [0.5, 0.6) is 0 Å². The minimum atomic E-state index is -1.75. The van der Waals surface area contributed by atoms with E-state index in [0.29, 0.717) is 0 Å². The molecular weight excluding hydrogens is 153 g/mol. The Morgan fingerprint density at radius 2 is 1.33 bits per heavy atom. The summed E-state index contributed by atoms with van der Waals surface area (Å²) < 4.78 is 0. The fraction of sp³-hybridized carbons (Fsp3) is 0. The van der Waals surface area contributed by atoms with E-state index in [1.807, 2.05) is 0 Å². The van der Waals surface area contributed by atoms with Crippen molar-refractivity contribution in [3.63, 3.8) is 0 Å². The van der Waals surface area contributed by atoms with Gasteiger partial charge in [0.25, 0.3) is 0 Å². The Morgan fingerprint density at radius 1 is 1.33 bits per heavy atom. The molecule has 40 valence electrons. The summed E-state index contributed by atoms with van der Waals surface area (Å²) >= 11 is 0. The molecule has 0 spiro atoms. The molecule has 0 unspecified atom stereocenters. The van der Waals surface area contributed by atoms with Gasteiger partial charge in [-0.3, -0.25) is 0 Å². The van der Waals surface area contributed by atoms with Crippen molar-refractivity contribution in [1.29, 1.82) is 0 Å². The zero-order chi connectivity index (χ0) is 3.58. The fourth-order valence-corrected chi connectivity index (χ4v) is 0. The number of halogens is 1. The van der Waals surface area contributed by atoms with Crippen molar-refractivity contribution in [2.75, 3.05) is 0 Å². The van der Waals surface area contributed by atoms with Gasteiger partial charge in [0.15, 0.2) is 0 Å². The van der Waals surface area contributed by atoms with Gasteiger partial charge in [0.1, 0.15) is 0 Å². The van der Waals surface area contributed by atoms with Gasteiger partial charge in [-0.25, -0.2) is 0 Å². The third kappa shape index (κ3) is 404000. The van der Waals surface area contributed by atoms with Crippen LogP contribution in [-0.4, -0.2) is 5.09 Å². The molecule has 6 heteroatoms. The van der Waals surface area contributed by atoms with E-state index in [1.54, 1.807) is 0 Å². The summed E-state index contributed by atoms with van der Waals surface area (Å²) in [4.78, 5) is 8.25. The molecule has 0 atom stereocenters. The third-order valence-electron chi connectivity index (χ3n) is 0. The second-order valence-electron chi connectivity index (χ2n) is 0.224. The van der Waals surface area contributed by atoms with Gasteiger partial charge in [0.2, 0.25) is 0 Å². The Balaban J connectivity index is -0.0000000450. The zero-order valence-electron chi connectivity index (χ0n) is 2.43. The molecule has 6 heavy (non-hydrogen) atoms. The molecule has 0 bridgehead atoms. The minimum Gasteiger partial charge on any atom is -0.356 e. The van der Waals surface area contributed by atoms with Crippen LogP contribution in [-0.2, 0) is 17.1 Å². The Bertz CT molecular complexity index is 33.8.